The summed E-state index contributed by atoms with van der Waals surface area (Å²) >= 11 is 6.69. The van der Waals surface area contributed by atoms with Crippen LogP contribution in [0, 0.1) is 5.82 Å². The van der Waals surface area contributed by atoms with E-state index in [1.165, 1.54) is 0 Å². The van der Waals surface area contributed by atoms with Gasteiger partial charge in [-0.05, 0) is 0 Å². The Morgan fingerprint density at radius 2 is 2.19 bits per heavy atom. The van der Waals surface area contributed by atoms with Crippen LogP contribution in [0.2, 0.25) is 4.47 Å². The van der Waals surface area contributed by atoms with Gasteiger partial charge in [-0.2, -0.15) is 4.98 Å². The van der Waals surface area contributed by atoms with Gasteiger partial charge in [0.15, 0.2) is 22.2 Å². The zero-order chi connectivity index (χ0) is 15.2. The minimum atomic E-state index is -2.99. The normalized spacial score (nSPS) is 21.7. The van der Waals surface area contributed by atoms with Crippen LogP contribution in [0.1, 0.15) is 19.3 Å². The molecule has 0 bridgehead atoms. The lowest BCUT2D eigenvalue weighted by Gasteiger charge is -2.27. The molecule has 1 aliphatic carbocycles. The highest BCUT2D eigenvalue weighted by molar-refractivity contribution is 7.21. The van der Waals surface area contributed by atoms with E-state index in [1.54, 1.807) is 0 Å². The van der Waals surface area contributed by atoms with Crippen LogP contribution >= 0.6 is 22.9 Å². The van der Waals surface area contributed by atoms with E-state index in [-0.39, 0.29) is 16.4 Å². The number of halogens is 4. The van der Waals surface area contributed by atoms with E-state index in [2.05, 4.69) is 9.97 Å². The van der Waals surface area contributed by atoms with Crippen LogP contribution in [-0.2, 0) is 4.79 Å². The molecule has 1 fully saturated rings. The second-order valence-corrected chi connectivity index (χ2v) is 6.26. The predicted molar refractivity (Wildman–Crippen MR) is 70.6 cm³/mol. The van der Waals surface area contributed by atoms with Crippen molar-refractivity contribution in [3.8, 4) is 5.88 Å². The third-order valence-electron chi connectivity index (χ3n) is 3.11. The number of aromatic nitrogens is 2. The fraction of sp³-hybridized carbons (Fsp3) is 0.417. The highest BCUT2D eigenvalue weighted by atomic mass is 35.5. The fourth-order valence-electron chi connectivity index (χ4n) is 2.08. The molecule has 3 rings (SSSR count). The lowest BCUT2D eigenvalue weighted by molar-refractivity contribution is -0.140. The number of rotatable bonds is 2. The van der Waals surface area contributed by atoms with E-state index in [0.717, 1.165) is 17.4 Å². The summed E-state index contributed by atoms with van der Waals surface area (Å²) < 4.78 is 45.7. The van der Waals surface area contributed by atoms with Gasteiger partial charge in [0.1, 0.15) is 10.3 Å². The number of ketones is 1. The molecule has 21 heavy (non-hydrogen) atoms. The van der Waals surface area contributed by atoms with Crippen LogP contribution in [0.25, 0.3) is 10.3 Å². The molecule has 0 saturated heterocycles. The number of ether oxygens (including phenoxy) is 1. The predicted octanol–water partition coefficient (Wildman–Crippen LogP) is 3.62. The molecular formula is C12H8ClF3N2O2S. The van der Waals surface area contributed by atoms with Gasteiger partial charge in [0.25, 0.3) is 11.8 Å². The Morgan fingerprint density at radius 3 is 2.95 bits per heavy atom. The number of nitrogens with zero attached hydrogens (tertiary/aromatic N) is 2. The van der Waals surface area contributed by atoms with Crippen molar-refractivity contribution < 1.29 is 22.7 Å². The molecule has 2 heterocycles. The maximum absolute atomic E-state index is 13.8. The maximum atomic E-state index is 13.8. The molecule has 0 spiro atoms. The molecular weight excluding hydrogens is 329 g/mol. The SMILES string of the molecule is O=C1CCC(F)(F)CC1Oc1nc2sc(Cl)nc2cc1F. The lowest BCUT2D eigenvalue weighted by Crippen LogP contribution is -2.40. The van der Waals surface area contributed by atoms with Gasteiger partial charge in [-0.1, -0.05) is 22.9 Å². The first kappa shape index (κ1) is 14.5. The zero-order valence-corrected chi connectivity index (χ0v) is 12.0. The lowest BCUT2D eigenvalue weighted by atomic mass is 9.93. The molecule has 2 aromatic heterocycles. The summed E-state index contributed by atoms with van der Waals surface area (Å²) in [7, 11) is 0. The Bertz CT molecular complexity index is 722. The quantitative estimate of drug-likeness (QED) is 0.840. The van der Waals surface area contributed by atoms with Crippen LogP contribution in [-0.4, -0.2) is 27.8 Å². The Hall–Kier alpha value is -1.41. The average molecular weight is 337 g/mol. The van der Waals surface area contributed by atoms with Crippen molar-refractivity contribution in [2.24, 2.45) is 0 Å². The van der Waals surface area contributed by atoms with E-state index in [1.807, 2.05) is 0 Å². The third-order valence-corrected chi connectivity index (χ3v) is 4.18. The number of carbonyl (C=O) groups excluding carboxylic acids is 1. The summed E-state index contributed by atoms with van der Waals surface area (Å²) in [6.45, 7) is 0. The van der Waals surface area contributed by atoms with E-state index in [0.29, 0.717) is 4.83 Å². The average Bonchev–Trinajstić information content (AvgIpc) is 2.73. The summed E-state index contributed by atoms with van der Waals surface area (Å²) in [6, 6.07) is 1.05. The third kappa shape index (κ3) is 2.96. The molecule has 0 aliphatic heterocycles. The van der Waals surface area contributed by atoms with Gasteiger partial charge in [0, 0.05) is 18.9 Å². The van der Waals surface area contributed by atoms with Crippen LogP contribution in [0.4, 0.5) is 13.2 Å². The Morgan fingerprint density at radius 1 is 1.43 bits per heavy atom. The van der Waals surface area contributed by atoms with Gasteiger partial charge in [-0.25, -0.2) is 18.2 Å². The van der Waals surface area contributed by atoms with Crippen molar-refractivity contribution in [1.82, 2.24) is 9.97 Å². The molecule has 4 nitrogen and oxygen atoms in total. The minimum absolute atomic E-state index is 0.175. The van der Waals surface area contributed by atoms with Crippen molar-refractivity contribution in [1.29, 1.82) is 0 Å². The number of fused-ring (bicyclic) bond motifs is 1. The molecule has 0 N–H and O–H groups in total. The largest absolute Gasteiger partial charge is 0.464 e. The number of hydrogen-bond donors (Lipinski definition) is 0. The number of carbonyl (C=O) groups is 1. The van der Waals surface area contributed by atoms with Crippen LogP contribution in [0.15, 0.2) is 6.07 Å². The Balaban J connectivity index is 1.89. The molecule has 9 heteroatoms. The Kier molecular flexibility index (Phi) is 3.53. The van der Waals surface area contributed by atoms with Crippen LogP contribution in [0.5, 0.6) is 5.88 Å². The monoisotopic (exact) mass is 336 g/mol. The van der Waals surface area contributed by atoms with E-state index >= 15 is 0 Å². The smallest absolute Gasteiger partial charge is 0.252 e. The fourth-order valence-corrected chi connectivity index (χ4v) is 3.03. The summed E-state index contributed by atoms with van der Waals surface area (Å²) in [4.78, 5) is 19.6. The van der Waals surface area contributed by atoms with Gasteiger partial charge in [-0.3, -0.25) is 4.79 Å². The molecule has 1 saturated carbocycles. The van der Waals surface area contributed by atoms with Crippen molar-refractivity contribution in [3.05, 3.63) is 16.4 Å². The van der Waals surface area contributed by atoms with E-state index in [4.69, 9.17) is 16.3 Å². The number of Topliss-reactive ketones (excluding diaryl/α,β-unsaturated/α-hetero) is 1. The van der Waals surface area contributed by atoms with Crippen LogP contribution in [0.3, 0.4) is 0 Å². The number of pyridine rings is 1. The molecule has 1 aliphatic rings. The second kappa shape index (κ2) is 5.10. The molecule has 0 aromatic carbocycles. The Labute approximate surface area is 125 Å². The molecule has 1 unspecified atom stereocenters. The highest BCUT2D eigenvalue weighted by Gasteiger charge is 2.42. The summed E-state index contributed by atoms with van der Waals surface area (Å²) in [5.74, 6) is -4.83. The van der Waals surface area contributed by atoms with Crippen molar-refractivity contribution in [2.75, 3.05) is 0 Å². The van der Waals surface area contributed by atoms with Crippen molar-refractivity contribution >= 4 is 39.1 Å². The molecule has 0 radical (unpaired) electrons. The molecule has 0 amide bonds. The highest BCUT2D eigenvalue weighted by Crippen LogP contribution is 2.34. The van der Waals surface area contributed by atoms with Gasteiger partial charge in [0.2, 0.25) is 0 Å². The number of alkyl halides is 2. The molecule has 2 aromatic rings. The van der Waals surface area contributed by atoms with E-state index < -0.39 is 42.3 Å². The van der Waals surface area contributed by atoms with Crippen molar-refractivity contribution in [2.45, 2.75) is 31.3 Å². The number of hydrogen-bond acceptors (Lipinski definition) is 5. The first-order valence-electron chi connectivity index (χ1n) is 6.04. The van der Waals surface area contributed by atoms with Gasteiger partial charge in [0.05, 0.1) is 6.42 Å². The standard InChI is InChI=1S/C12H8ClF3N2O2S/c13-11-17-6-3-5(14)9(18-10(6)21-11)20-8-4-12(15,16)2-1-7(8)19/h3,8H,1-2,4H2. The van der Waals surface area contributed by atoms with Gasteiger partial charge < -0.3 is 4.74 Å². The molecule has 112 valence electrons. The van der Waals surface area contributed by atoms with Gasteiger partial charge >= 0.3 is 0 Å². The topological polar surface area (TPSA) is 52.1 Å². The zero-order valence-electron chi connectivity index (χ0n) is 10.4. The summed E-state index contributed by atoms with van der Waals surface area (Å²) in [5.41, 5.74) is 0.246. The first-order chi connectivity index (χ1) is 9.84. The number of thiazole rings is 1. The molecule has 1 atom stereocenters. The second-order valence-electron chi connectivity index (χ2n) is 4.70. The van der Waals surface area contributed by atoms with Gasteiger partial charge in [-0.15, -0.1) is 0 Å². The van der Waals surface area contributed by atoms with E-state index in [9.17, 15) is 18.0 Å². The first-order valence-corrected chi connectivity index (χ1v) is 7.23. The minimum Gasteiger partial charge on any atom is -0.464 e. The maximum Gasteiger partial charge on any atom is 0.252 e. The van der Waals surface area contributed by atoms with Crippen molar-refractivity contribution in [3.63, 3.8) is 0 Å². The van der Waals surface area contributed by atoms with Crippen LogP contribution < -0.4 is 4.74 Å². The summed E-state index contributed by atoms with van der Waals surface area (Å²) in [5, 5.41) is 0. The summed E-state index contributed by atoms with van der Waals surface area (Å²) in [6.07, 6.45) is -2.97.